The van der Waals surface area contributed by atoms with Crippen LogP contribution in [0.1, 0.15) is 117 Å². The van der Waals surface area contributed by atoms with Crippen molar-refractivity contribution in [2.24, 2.45) is 0 Å². The second kappa shape index (κ2) is 18.7. The van der Waals surface area contributed by atoms with Gasteiger partial charge in [-0.2, -0.15) is 0 Å². The molecule has 0 amide bonds. The minimum atomic E-state index is -0.361. The monoisotopic (exact) mass is 370 g/mol. The number of carbonyl (C=O) groups excluding carboxylic acids is 2. The van der Waals surface area contributed by atoms with Crippen LogP contribution < -0.4 is 0 Å². The van der Waals surface area contributed by atoms with Gasteiger partial charge >= 0.3 is 11.9 Å². The highest BCUT2D eigenvalue weighted by Crippen LogP contribution is 2.10. The first kappa shape index (κ1) is 24.9. The van der Waals surface area contributed by atoms with Gasteiger partial charge in [-0.05, 0) is 19.8 Å². The molecular weight excluding hydrogens is 328 g/mol. The van der Waals surface area contributed by atoms with E-state index in [0.717, 1.165) is 25.7 Å². The van der Waals surface area contributed by atoms with Gasteiger partial charge in [0.1, 0.15) is 12.7 Å². The van der Waals surface area contributed by atoms with Crippen LogP contribution in [0.2, 0.25) is 0 Å². The third-order valence-electron chi connectivity index (χ3n) is 4.53. The average Bonchev–Trinajstić information content (AvgIpc) is 2.62. The van der Waals surface area contributed by atoms with Crippen LogP contribution >= 0.6 is 0 Å². The Kier molecular flexibility index (Phi) is 18.0. The molecule has 4 heteroatoms. The normalized spacial score (nSPS) is 12.0. The standard InChI is InChI=1S/C22H42O4/c1-4-6-8-10-12-14-16-18-22(24)26-20(3)19-25-21(23)17-15-13-11-9-7-5-2/h20H,4-19H2,1-3H3/t20-/m1/s1. The summed E-state index contributed by atoms with van der Waals surface area (Å²) >= 11 is 0. The second-order valence-electron chi connectivity index (χ2n) is 7.37. The van der Waals surface area contributed by atoms with Crippen LogP contribution in [0.15, 0.2) is 0 Å². The molecule has 0 bridgehead atoms. The van der Waals surface area contributed by atoms with Gasteiger partial charge in [0, 0.05) is 12.8 Å². The Morgan fingerprint density at radius 3 is 1.58 bits per heavy atom. The first-order chi connectivity index (χ1) is 12.6. The molecule has 4 nitrogen and oxygen atoms in total. The lowest BCUT2D eigenvalue weighted by Crippen LogP contribution is -2.22. The minimum absolute atomic E-state index is 0.164. The Morgan fingerprint density at radius 2 is 1.08 bits per heavy atom. The SMILES string of the molecule is CCCCCCCCCC(=O)O[C@H](C)COC(=O)CCCCCCCC. The number of unbranched alkanes of at least 4 members (excludes halogenated alkanes) is 11. The number of hydrogen-bond acceptors (Lipinski definition) is 4. The van der Waals surface area contributed by atoms with Gasteiger partial charge < -0.3 is 9.47 Å². The van der Waals surface area contributed by atoms with Crippen molar-refractivity contribution in [2.75, 3.05) is 6.61 Å². The van der Waals surface area contributed by atoms with Crippen molar-refractivity contribution < 1.29 is 19.1 Å². The number of carbonyl (C=O) groups is 2. The highest BCUT2D eigenvalue weighted by molar-refractivity contribution is 5.70. The molecule has 0 saturated heterocycles. The highest BCUT2D eigenvalue weighted by Gasteiger charge is 2.12. The summed E-state index contributed by atoms with van der Waals surface area (Å²) in [6.45, 7) is 6.35. The minimum Gasteiger partial charge on any atom is -0.462 e. The lowest BCUT2D eigenvalue weighted by atomic mass is 10.1. The van der Waals surface area contributed by atoms with Crippen LogP contribution in [0.5, 0.6) is 0 Å². The van der Waals surface area contributed by atoms with Crippen molar-refractivity contribution in [3.63, 3.8) is 0 Å². The Bertz CT molecular complexity index is 341. The van der Waals surface area contributed by atoms with E-state index in [4.69, 9.17) is 9.47 Å². The van der Waals surface area contributed by atoms with E-state index in [9.17, 15) is 9.59 Å². The summed E-state index contributed by atoms with van der Waals surface area (Å²) < 4.78 is 10.5. The maximum absolute atomic E-state index is 11.8. The largest absolute Gasteiger partial charge is 0.462 e. The maximum atomic E-state index is 11.8. The third-order valence-corrected chi connectivity index (χ3v) is 4.53. The molecular formula is C22H42O4. The van der Waals surface area contributed by atoms with Crippen molar-refractivity contribution in [3.8, 4) is 0 Å². The summed E-state index contributed by atoms with van der Waals surface area (Å²) in [5.74, 6) is -0.367. The Balaban J connectivity index is 3.51. The van der Waals surface area contributed by atoms with E-state index < -0.39 is 0 Å². The van der Waals surface area contributed by atoms with Crippen LogP contribution in [0, 0.1) is 0 Å². The Labute approximate surface area is 161 Å². The van der Waals surface area contributed by atoms with Crippen molar-refractivity contribution in [2.45, 2.75) is 123 Å². The summed E-state index contributed by atoms with van der Waals surface area (Å²) in [5, 5.41) is 0. The van der Waals surface area contributed by atoms with Crippen LogP contribution in [0.25, 0.3) is 0 Å². The fourth-order valence-corrected chi connectivity index (χ4v) is 2.88. The van der Waals surface area contributed by atoms with E-state index in [1.807, 2.05) is 0 Å². The topological polar surface area (TPSA) is 52.6 Å². The molecule has 1 atom stereocenters. The molecule has 0 heterocycles. The molecule has 26 heavy (non-hydrogen) atoms. The Morgan fingerprint density at radius 1 is 0.654 bits per heavy atom. The molecule has 0 aliphatic carbocycles. The zero-order chi connectivity index (χ0) is 19.5. The lowest BCUT2D eigenvalue weighted by molar-refractivity contribution is -0.158. The van der Waals surface area contributed by atoms with Gasteiger partial charge in [-0.1, -0.05) is 84.5 Å². The van der Waals surface area contributed by atoms with Gasteiger partial charge in [-0.25, -0.2) is 0 Å². The summed E-state index contributed by atoms with van der Waals surface area (Å²) in [7, 11) is 0. The van der Waals surface area contributed by atoms with Crippen LogP contribution in [-0.4, -0.2) is 24.6 Å². The quantitative estimate of drug-likeness (QED) is 0.208. The van der Waals surface area contributed by atoms with Gasteiger partial charge in [-0.15, -0.1) is 0 Å². The first-order valence-electron chi connectivity index (χ1n) is 10.9. The van der Waals surface area contributed by atoms with Gasteiger partial charge in [0.05, 0.1) is 0 Å². The smallest absolute Gasteiger partial charge is 0.306 e. The summed E-state index contributed by atoms with van der Waals surface area (Å²) in [6.07, 6.45) is 15.7. The van der Waals surface area contributed by atoms with Gasteiger partial charge in [0.15, 0.2) is 0 Å². The molecule has 0 spiro atoms. The van der Waals surface area contributed by atoms with Gasteiger partial charge in [-0.3, -0.25) is 9.59 Å². The fourth-order valence-electron chi connectivity index (χ4n) is 2.88. The van der Waals surface area contributed by atoms with Gasteiger partial charge in [0.25, 0.3) is 0 Å². The summed E-state index contributed by atoms with van der Waals surface area (Å²) in [4.78, 5) is 23.4. The molecule has 0 aromatic rings. The molecule has 0 fully saturated rings. The van der Waals surface area contributed by atoms with E-state index in [0.29, 0.717) is 12.8 Å². The van der Waals surface area contributed by atoms with E-state index in [1.165, 1.54) is 57.8 Å². The molecule has 0 saturated carbocycles. The molecule has 0 N–H and O–H groups in total. The molecule has 0 aromatic heterocycles. The zero-order valence-electron chi connectivity index (χ0n) is 17.5. The molecule has 154 valence electrons. The molecule has 0 rings (SSSR count). The summed E-state index contributed by atoms with van der Waals surface area (Å²) in [5.41, 5.74) is 0. The number of rotatable bonds is 18. The third kappa shape index (κ3) is 17.8. The predicted molar refractivity (Wildman–Crippen MR) is 107 cm³/mol. The van der Waals surface area contributed by atoms with Crippen molar-refractivity contribution in [1.29, 1.82) is 0 Å². The van der Waals surface area contributed by atoms with Crippen molar-refractivity contribution in [1.82, 2.24) is 0 Å². The van der Waals surface area contributed by atoms with Gasteiger partial charge in [0.2, 0.25) is 0 Å². The van der Waals surface area contributed by atoms with E-state index in [-0.39, 0.29) is 24.6 Å². The lowest BCUT2D eigenvalue weighted by Gasteiger charge is -2.13. The van der Waals surface area contributed by atoms with Crippen LogP contribution in [-0.2, 0) is 19.1 Å². The fraction of sp³-hybridized carbons (Fsp3) is 0.909. The molecule has 0 unspecified atom stereocenters. The summed E-state index contributed by atoms with van der Waals surface area (Å²) in [6, 6.07) is 0. The molecule has 0 aliphatic heterocycles. The van der Waals surface area contributed by atoms with Crippen molar-refractivity contribution in [3.05, 3.63) is 0 Å². The Hall–Kier alpha value is -1.06. The zero-order valence-corrected chi connectivity index (χ0v) is 17.5. The van der Waals surface area contributed by atoms with E-state index >= 15 is 0 Å². The maximum Gasteiger partial charge on any atom is 0.306 e. The number of hydrogen-bond donors (Lipinski definition) is 0. The average molecular weight is 371 g/mol. The van der Waals surface area contributed by atoms with E-state index in [1.54, 1.807) is 6.92 Å². The number of esters is 2. The molecule has 0 aliphatic rings. The number of ether oxygens (including phenoxy) is 2. The van der Waals surface area contributed by atoms with E-state index in [2.05, 4.69) is 13.8 Å². The predicted octanol–water partition coefficient (Wildman–Crippen LogP) is 6.35. The molecule has 0 aromatic carbocycles. The van der Waals surface area contributed by atoms with Crippen LogP contribution in [0.4, 0.5) is 0 Å². The van der Waals surface area contributed by atoms with Crippen LogP contribution in [0.3, 0.4) is 0 Å². The highest BCUT2D eigenvalue weighted by atomic mass is 16.6. The second-order valence-corrected chi connectivity index (χ2v) is 7.37. The molecule has 0 radical (unpaired) electrons. The first-order valence-corrected chi connectivity index (χ1v) is 10.9. The van der Waals surface area contributed by atoms with Crippen molar-refractivity contribution >= 4 is 11.9 Å².